The van der Waals surface area contributed by atoms with Crippen molar-refractivity contribution in [2.45, 2.75) is 6.18 Å². The van der Waals surface area contributed by atoms with Crippen LogP contribution in [0.3, 0.4) is 0 Å². The molecule has 0 aliphatic carbocycles. The summed E-state index contributed by atoms with van der Waals surface area (Å²) in [4.78, 5) is 18.0. The Hall–Kier alpha value is -3.77. The van der Waals surface area contributed by atoms with Gasteiger partial charge in [0, 0.05) is 7.05 Å². The molecule has 0 saturated heterocycles. The highest BCUT2D eigenvalue weighted by molar-refractivity contribution is 6.33. The summed E-state index contributed by atoms with van der Waals surface area (Å²) in [6.45, 7) is 0. The number of hydrogen-bond acceptors (Lipinski definition) is 5. The molecule has 0 fully saturated rings. The first kappa shape index (κ1) is 24.4. The fourth-order valence-electron chi connectivity index (χ4n) is 3.40. The van der Waals surface area contributed by atoms with Crippen LogP contribution in [0, 0.1) is 11.6 Å². The van der Waals surface area contributed by atoms with Crippen LogP contribution in [0.2, 0.25) is 5.02 Å². The molecule has 0 radical (unpaired) electrons. The Morgan fingerprint density at radius 2 is 1.89 bits per heavy atom. The molecule has 0 saturated carbocycles. The Labute approximate surface area is 199 Å². The summed E-state index contributed by atoms with van der Waals surface area (Å²) in [5.74, 6) is -3.34. The van der Waals surface area contributed by atoms with Gasteiger partial charge >= 0.3 is 6.18 Å². The summed E-state index contributed by atoms with van der Waals surface area (Å²) in [5, 5.41) is 7.94. The topological polar surface area (TPSA) is 73.4 Å². The molecule has 0 spiro atoms. The highest BCUT2D eigenvalue weighted by atomic mass is 35.5. The van der Waals surface area contributed by atoms with Crippen LogP contribution < -0.4 is 0 Å². The molecule has 35 heavy (non-hydrogen) atoms. The van der Waals surface area contributed by atoms with Crippen molar-refractivity contribution in [3.8, 4) is 28.3 Å². The quantitative estimate of drug-likeness (QED) is 0.250. The number of amides is 1. The average molecular weight is 513 g/mol. The molecule has 182 valence electrons. The highest BCUT2D eigenvalue weighted by Gasteiger charge is 2.42. The zero-order valence-electron chi connectivity index (χ0n) is 17.9. The number of alkyl halides is 3. The van der Waals surface area contributed by atoms with E-state index in [2.05, 4.69) is 10.3 Å². The summed E-state index contributed by atoms with van der Waals surface area (Å²) in [5.41, 5.74) is -3.65. The number of carbonyl (C=O) groups excluding carboxylic acids is 1. The zero-order chi connectivity index (χ0) is 25.5. The predicted octanol–water partition coefficient (Wildman–Crippen LogP) is 5.78. The number of carbonyl (C=O) groups is 1. The summed E-state index contributed by atoms with van der Waals surface area (Å²) in [6, 6.07) is 7.97. The molecule has 2 aromatic carbocycles. The van der Waals surface area contributed by atoms with E-state index in [0.29, 0.717) is 9.75 Å². The average Bonchev–Trinajstić information content (AvgIpc) is 3.42. The van der Waals surface area contributed by atoms with Gasteiger partial charge in [0.2, 0.25) is 0 Å². The van der Waals surface area contributed by atoms with E-state index in [9.17, 15) is 26.7 Å². The van der Waals surface area contributed by atoms with Crippen LogP contribution >= 0.6 is 11.6 Å². The SMILES string of the molecule is CON(C)C(=O)c1c(-c2c(F)cccc2Cl)noc1-c1cnn(-c2cccc(F)c2)c1C(F)(F)F. The molecule has 0 aliphatic rings. The Balaban J connectivity index is 2.03. The molecule has 0 atom stereocenters. The van der Waals surface area contributed by atoms with Gasteiger partial charge in [0.25, 0.3) is 5.91 Å². The molecular formula is C22H14ClF5N4O3. The molecular weight excluding hydrogens is 499 g/mol. The molecule has 2 aromatic heterocycles. The van der Waals surface area contributed by atoms with Crippen molar-refractivity contribution in [1.82, 2.24) is 20.0 Å². The van der Waals surface area contributed by atoms with Gasteiger partial charge in [-0.05, 0) is 30.3 Å². The molecule has 4 rings (SSSR count). The number of hydroxylamine groups is 2. The third kappa shape index (κ3) is 4.37. The van der Waals surface area contributed by atoms with E-state index < -0.39 is 52.0 Å². The maximum absolute atomic E-state index is 14.7. The van der Waals surface area contributed by atoms with Gasteiger partial charge in [0.05, 0.1) is 35.1 Å². The van der Waals surface area contributed by atoms with Crippen LogP contribution in [0.25, 0.3) is 28.3 Å². The van der Waals surface area contributed by atoms with E-state index in [1.165, 1.54) is 31.3 Å². The molecule has 0 bridgehead atoms. The van der Waals surface area contributed by atoms with Crippen molar-refractivity contribution < 1.29 is 36.1 Å². The van der Waals surface area contributed by atoms with Crippen molar-refractivity contribution >= 4 is 17.5 Å². The van der Waals surface area contributed by atoms with Gasteiger partial charge in [0.15, 0.2) is 11.5 Å². The minimum atomic E-state index is -5.03. The fourth-order valence-corrected chi connectivity index (χ4v) is 3.65. The number of nitrogens with zero attached hydrogens (tertiary/aromatic N) is 4. The third-order valence-corrected chi connectivity index (χ3v) is 5.32. The second kappa shape index (κ2) is 9.12. The van der Waals surface area contributed by atoms with E-state index in [1.54, 1.807) is 0 Å². The van der Waals surface area contributed by atoms with Crippen molar-refractivity contribution in [2.24, 2.45) is 0 Å². The first-order valence-corrected chi connectivity index (χ1v) is 10.1. The summed E-state index contributed by atoms with van der Waals surface area (Å²) >= 11 is 6.10. The van der Waals surface area contributed by atoms with Crippen molar-refractivity contribution in [3.63, 3.8) is 0 Å². The van der Waals surface area contributed by atoms with Gasteiger partial charge in [0.1, 0.15) is 22.9 Å². The summed E-state index contributed by atoms with van der Waals surface area (Å²) < 4.78 is 76.6. The second-order valence-electron chi connectivity index (χ2n) is 7.11. The smallest absolute Gasteiger partial charge is 0.355 e. The standard InChI is InChI=1S/C22H14ClF5N4O3/c1-31(34-2)21(33)17-18(16-14(23)7-4-8-15(16)25)30-35-19(17)13-10-29-32(20(13)22(26,27)28)12-6-3-5-11(24)9-12/h3-10H,1-2H3. The maximum Gasteiger partial charge on any atom is 0.434 e. The lowest BCUT2D eigenvalue weighted by molar-refractivity contribution is -0.142. The molecule has 0 N–H and O–H groups in total. The van der Waals surface area contributed by atoms with Gasteiger partial charge < -0.3 is 4.52 Å². The van der Waals surface area contributed by atoms with Crippen LogP contribution in [-0.4, -0.2) is 40.1 Å². The number of hydrogen-bond donors (Lipinski definition) is 0. The minimum absolute atomic E-state index is 0.162. The lowest BCUT2D eigenvalue weighted by atomic mass is 10.0. The van der Waals surface area contributed by atoms with Crippen molar-refractivity contribution in [3.05, 3.63) is 76.6 Å². The third-order valence-electron chi connectivity index (χ3n) is 5.00. The Bertz CT molecular complexity index is 1400. The number of benzene rings is 2. The van der Waals surface area contributed by atoms with Crippen LogP contribution in [0.15, 0.2) is 53.2 Å². The maximum atomic E-state index is 14.7. The minimum Gasteiger partial charge on any atom is -0.355 e. The Morgan fingerprint density at radius 3 is 2.51 bits per heavy atom. The summed E-state index contributed by atoms with van der Waals surface area (Å²) in [6.07, 6.45) is -4.25. The van der Waals surface area contributed by atoms with Crippen LogP contribution in [0.4, 0.5) is 22.0 Å². The molecule has 2 heterocycles. The lowest BCUT2D eigenvalue weighted by Crippen LogP contribution is -2.26. The van der Waals surface area contributed by atoms with E-state index in [-0.39, 0.29) is 16.3 Å². The van der Waals surface area contributed by atoms with Crippen molar-refractivity contribution in [1.29, 1.82) is 0 Å². The van der Waals surface area contributed by atoms with Gasteiger partial charge in [-0.1, -0.05) is 28.9 Å². The molecule has 7 nitrogen and oxygen atoms in total. The monoisotopic (exact) mass is 512 g/mol. The van der Waals surface area contributed by atoms with Crippen LogP contribution in [-0.2, 0) is 11.0 Å². The second-order valence-corrected chi connectivity index (χ2v) is 7.52. The van der Waals surface area contributed by atoms with Crippen molar-refractivity contribution in [2.75, 3.05) is 14.2 Å². The van der Waals surface area contributed by atoms with Gasteiger partial charge in [-0.2, -0.15) is 18.3 Å². The van der Waals surface area contributed by atoms with E-state index in [1.807, 2.05) is 0 Å². The van der Waals surface area contributed by atoms with E-state index in [0.717, 1.165) is 31.5 Å². The van der Waals surface area contributed by atoms with Gasteiger partial charge in [-0.3, -0.25) is 9.63 Å². The molecule has 13 heteroatoms. The van der Waals surface area contributed by atoms with Gasteiger partial charge in [-0.25, -0.2) is 18.5 Å². The number of aromatic nitrogens is 3. The fraction of sp³-hybridized carbons (Fsp3) is 0.136. The number of halogens is 6. The Kier molecular flexibility index (Phi) is 6.34. The highest BCUT2D eigenvalue weighted by Crippen LogP contribution is 2.43. The first-order chi connectivity index (χ1) is 16.5. The number of rotatable bonds is 5. The molecule has 1 amide bonds. The lowest BCUT2D eigenvalue weighted by Gasteiger charge is -2.15. The zero-order valence-corrected chi connectivity index (χ0v) is 18.7. The van der Waals surface area contributed by atoms with Crippen LogP contribution in [0.5, 0.6) is 0 Å². The largest absolute Gasteiger partial charge is 0.434 e. The normalized spacial score (nSPS) is 11.7. The van der Waals surface area contributed by atoms with Crippen LogP contribution in [0.1, 0.15) is 16.1 Å². The summed E-state index contributed by atoms with van der Waals surface area (Å²) in [7, 11) is 2.33. The molecule has 4 aromatic rings. The van der Waals surface area contributed by atoms with E-state index >= 15 is 0 Å². The molecule has 0 aliphatic heterocycles. The first-order valence-electron chi connectivity index (χ1n) is 9.72. The predicted molar refractivity (Wildman–Crippen MR) is 114 cm³/mol. The van der Waals surface area contributed by atoms with E-state index in [4.69, 9.17) is 21.0 Å². The Morgan fingerprint density at radius 1 is 1.17 bits per heavy atom. The molecule has 0 unspecified atom stereocenters. The van der Waals surface area contributed by atoms with Gasteiger partial charge in [-0.15, -0.1) is 0 Å².